The molecule has 0 aliphatic carbocycles. The van der Waals surface area contributed by atoms with Crippen molar-refractivity contribution in [3.05, 3.63) is 34.7 Å². The van der Waals surface area contributed by atoms with Gasteiger partial charge in [0, 0.05) is 16.9 Å². The summed E-state index contributed by atoms with van der Waals surface area (Å²) < 4.78 is 0. The molecule has 0 fully saturated rings. The summed E-state index contributed by atoms with van der Waals surface area (Å²) >= 11 is 1.67. The van der Waals surface area contributed by atoms with Gasteiger partial charge in [0.25, 0.3) is 0 Å². The first-order chi connectivity index (χ1) is 7.16. The fourth-order valence-corrected chi connectivity index (χ4v) is 2.20. The number of thiazole rings is 1. The minimum atomic E-state index is 0.284. The second-order valence-corrected chi connectivity index (χ2v) is 4.67. The monoisotopic (exact) mass is 219 g/mol. The Morgan fingerprint density at radius 1 is 1.33 bits per heavy atom. The molecule has 0 unspecified atom stereocenters. The summed E-state index contributed by atoms with van der Waals surface area (Å²) in [5.41, 5.74) is 1.91. The molecule has 2 aromatic rings. The molecule has 78 valence electrons. The van der Waals surface area contributed by atoms with Gasteiger partial charge >= 0.3 is 0 Å². The number of benzene rings is 1. The van der Waals surface area contributed by atoms with E-state index in [-0.39, 0.29) is 5.75 Å². The van der Waals surface area contributed by atoms with Crippen molar-refractivity contribution >= 4 is 11.3 Å². The van der Waals surface area contributed by atoms with Crippen LogP contribution in [-0.2, 0) is 0 Å². The second-order valence-electron chi connectivity index (χ2n) is 3.78. The van der Waals surface area contributed by atoms with E-state index >= 15 is 0 Å². The number of nitrogens with zero attached hydrogens (tertiary/aromatic N) is 1. The van der Waals surface area contributed by atoms with Gasteiger partial charge in [0.15, 0.2) is 0 Å². The minimum Gasteiger partial charge on any atom is -0.508 e. The molecule has 0 aliphatic heterocycles. The first kappa shape index (κ1) is 10.2. The van der Waals surface area contributed by atoms with Gasteiger partial charge in [-0.3, -0.25) is 0 Å². The predicted octanol–water partition coefficient (Wildman–Crippen LogP) is 3.64. The summed E-state index contributed by atoms with van der Waals surface area (Å²) in [7, 11) is 0. The van der Waals surface area contributed by atoms with Gasteiger partial charge < -0.3 is 5.11 Å². The molecule has 0 aliphatic rings. The standard InChI is InChI=1S/C12H13NOS/c1-8(2)12-13-11(7-15-12)9-4-3-5-10(14)6-9/h3-8,14H,1-2H3. The predicted molar refractivity (Wildman–Crippen MR) is 63.3 cm³/mol. The summed E-state index contributed by atoms with van der Waals surface area (Å²) in [5.74, 6) is 0.743. The number of rotatable bonds is 2. The van der Waals surface area contributed by atoms with E-state index in [1.807, 2.05) is 17.5 Å². The quantitative estimate of drug-likeness (QED) is 0.836. The van der Waals surface area contributed by atoms with Crippen molar-refractivity contribution in [3.63, 3.8) is 0 Å². The maximum atomic E-state index is 9.37. The van der Waals surface area contributed by atoms with E-state index in [0.717, 1.165) is 16.3 Å². The zero-order valence-corrected chi connectivity index (χ0v) is 9.58. The van der Waals surface area contributed by atoms with Crippen LogP contribution in [0, 0.1) is 0 Å². The van der Waals surface area contributed by atoms with Gasteiger partial charge in [-0.2, -0.15) is 0 Å². The van der Waals surface area contributed by atoms with E-state index in [2.05, 4.69) is 18.8 Å². The van der Waals surface area contributed by atoms with Gasteiger partial charge in [0.1, 0.15) is 5.75 Å². The van der Waals surface area contributed by atoms with Gasteiger partial charge in [-0.05, 0) is 12.1 Å². The highest BCUT2D eigenvalue weighted by Gasteiger charge is 2.07. The largest absolute Gasteiger partial charge is 0.508 e. The average molecular weight is 219 g/mol. The summed E-state index contributed by atoms with van der Waals surface area (Å²) in [4.78, 5) is 4.53. The molecule has 1 N–H and O–H groups in total. The molecule has 15 heavy (non-hydrogen) atoms. The highest BCUT2D eigenvalue weighted by molar-refractivity contribution is 7.10. The Morgan fingerprint density at radius 2 is 2.13 bits per heavy atom. The average Bonchev–Trinajstić information content (AvgIpc) is 2.66. The van der Waals surface area contributed by atoms with E-state index < -0.39 is 0 Å². The van der Waals surface area contributed by atoms with E-state index in [4.69, 9.17) is 0 Å². The number of hydrogen-bond donors (Lipinski definition) is 1. The Labute approximate surface area is 93.2 Å². The van der Waals surface area contributed by atoms with Crippen LogP contribution in [0.2, 0.25) is 0 Å². The topological polar surface area (TPSA) is 33.1 Å². The van der Waals surface area contributed by atoms with Crippen molar-refractivity contribution in [2.75, 3.05) is 0 Å². The molecule has 1 aromatic carbocycles. The molecule has 1 aromatic heterocycles. The Hall–Kier alpha value is -1.35. The minimum absolute atomic E-state index is 0.284. The summed E-state index contributed by atoms with van der Waals surface area (Å²) in [6, 6.07) is 7.19. The molecular formula is C12H13NOS. The number of aromatic hydroxyl groups is 1. The van der Waals surface area contributed by atoms with Crippen molar-refractivity contribution in [2.45, 2.75) is 19.8 Å². The Morgan fingerprint density at radius 3 is 2.73 bits per heavy atom. The van der Waals surface area contributed by atoms with E-state index in [9.17, 15) is 5.11 Å². The first-order valence-electron chi connectivity index (χ1n) is 4.91. The molecule has 0 radical (unpaired) electrons. The lowest BCUT2D eigenvalue weighted by molar-refractivity contribution is 0.475. The molecule has 2 nitrogen and oxygen atoms in total. The third-order valence-electron chi connectivity index (χ3n) is 2.16. The number of phenolic OH excluding ortho intramolecular Hbond substituents is 1. The molecule has 1 heterocycles. The second kappa shape index (κ2) is 4.03. The zero-order chi connectivity index (χ0) is 10.8. The van der Waals surface area contributed by atoms with Gasteiger partial charge in [0.2, 0.25) is 0 Å². The molecule has 3 heteroatoms. The Kier molecular flexibility index (Phi) is 2.73. The van der Waals surface area contributed by atoms with Crippen molar-refractivity contribution in [1.29, 1.82) is 0 Å². The first-order valence-corrected chi connectivity index (χ1v) is 5.79. The zero-order valence-electron chi connectivity index (χ0n) is 8.77. The number of aromatic nitrogens is 1. The van der Waals surface area contributed by atoms with Gasteiger partial charge in [0.05, 0.1) is 10.7 Å². The molecule has 0 amide bonds. The van der Waals surface area contributed by atoms with Crippen molar-refractivity contribution in [2.24, 2.45) is 0 Å². The molecule has 0 spiro atoms. The molecule has 0 saturated carbocycles. The maximum Gasteiger partial charge on any atom is 0.116 e. The lowest BCUT2D eigenvalue weighted by Gasteiger charge is -1.98. The Balaban J connectivity index is 2.37. The highest BCUT2D eigenvalue weighted by atomic mass is 32.1. The van der Waals surface area contributed by atoms with Crippen LogP contribution in [0.1, 0.15) is 24.8 Å². The molecular weight excluding hydrogens is 206 g/mol. The fourth-order valence-electron chi connectivity index (χ4n) is 1.35. The van der Waals surface area contributed by atoms with Gasteiger partial charge in [-0.25, -0.2) is 4.98 Å². The van der Waals surface area contributed by atoms with Crippen LogP contribution in [0.3, 0.4) is 0 Å². The maximum absolute atomic E-state index is 9.37. The van der Waals surface area contributed by atoms with E-state index in [1.165, 1.54) is 0 Å². The van der Waals surface area contributed by atoms with Crippen LogP contribution in [0.15, 0.2) is 29.6 Å². The summed E-state index contributed by atoms with van der Waals surface area (Å²) in [6.45, 7) is 4.26. The molecule has 2 rings (SSSR count). The summed E-state index contributed by atoms with van der Waals surface area (Å²) in [6.07, 6.45) is 0. The highest BCUT2D eigenvalue weighted by Crippen LogP contribution is 2.27. The van der Waals surface area contributed by atoms with Crippen LogP contribution in [0.5, 0.6) is 5.75 Å². The third-order valence-corrected chi connectivity index (χ3v) is 3.30. The van der Waals surface area contributed by atoms with Crippen LogP contribution in [0.25, 0.3) is 11.3 Å². The number of phenols is 1. The Bertz CT molecular complexity index is 462. The molecule has 0 atom stereocenters. The SMILES string of the molecule is CC(C)c1nc(-c2cccc(O)c2)cs1. The number of hydrogen-bond acceptors (Lipinski definition) is 3. The lowest BCUT2D eigenvalue weighted by atomic mass is 10.1. The molecule has 0 bridgehead atoms. The van der Waals surface area contributed by atoms with Crippen molar-refractivity contribution < 1.29 is 5.11 Å². The van der Waals surface area contributed by atoms with Crippen LogP contribution >= 0.6 is 11.3 Å². The van der Waals surface area contributed by atoms with Crippen LogP contribution in [0.4, 0.5) is 0 Å². The van der Waals surface area contributed by atoms with Crippen LogP contribution < -0.4 is 0 Å². The fraction of sp³-hybridized carbons (Fsp3) is 0.250. The van der Waals surface area contributed by atoms with Crippen molar-refractivity contribution in [3.8, 4) is 17.0 Å². The third kappa shape index (κ3) is 2.18. The van der Waals surface area contributed by atoms with Crippen LogP contribution in [-0.4, -0.2) is 10.1 Å². The van der Waals surface area contributed by atoms with Crippen molar-refractivity contribution in [1.82, 2.24) is 4.98 Å². The lowest BCUT2D eigenvalue weighted by Crippen LogP contribution is -1.85. The van der Waals surface area contributed by atoms with Gasteiger partial charge in [-0.1, -0.05) is 26.0 Å². The smallest absolute Gasteiger partial charge is 0.116 e. The summed E-state index contributed by atoms with van der Waals surface area (Å²) in [5, 5.41) is 12.5. The van der Waals surface area contributed by atoms with E-state index in [1.54, 1.807) is 23.5 Å². The molecule has 0 saturated heterocycles. The van der Waals surface area contributed by atoms with E-state index in [0.29, 0.717) is 5.92 Å². The van der Waals surface area contributed by atoms with Gasteiger partial charge in [-0.15, -0.1) is 11.3 Å². The normalized spacial score (nSPS) is 10.9.